The molecular weight excluding hydrogens is 228 g/mol. The van der Waals surface area contributed by atoms with Gasteiger partial charge in [-0.3, -0.25) is 0 Å². The van der Waals surface area contributed by atoms with Crippen molar-refractivity contribution in [2.24, 2.45) is 0 Å². The molecule has 0 rings (SSSR count). The van der Waals surface area contributed by atoms with Crippen molar-refractivity contribution in [1.29, 1.82) is 0 Å². The predicted molar refractivity (Wildman–Crippen MR) is 58.0 cm³/mol. The monoisotopic (exact) mass is 244 g/mol. The van der Waals surface area contributed by atoms with E-state index in [1.807, 2.05) is 6.92 Å². The van der Waals surface area contributed by atoms with Crippen molar-refractivity contribution in [3.63, 3.8) is 0 Å². The fraction of sp³-hybridized carbons (Fsp3) is 0.545. The van der Waals surface area contributed by atoms with Gasteiger partial charge in [0.15, 0.2) is 6.61 Å². The quantitative estimate of drug-likeness (QED) is 0.282. The highest BCUT2D eigenvalue weighted by Crippen LogP contribution is 1.90. The smallest absolute Gasteiger partial charge is 0.344 e. The van der Waals surface area contributed by atoms with E-state index in [-0.39, 0.29) is 0 Å². The summed E-state index contributed by atoms with van der Waals surface area (Å²) in [5, 5.41) is 0. The normalized spacial score (nSPS) is 10.0. The number of hydrogen-bond donors (Lipinski definition) is 0. The van der Waals surface area contributed by atoms with Crippen LogP contribution in [0.1, 0.15) is 19.8 Å². The molecule has 0 aliphatic heterocycles. The third-order valence-electron chi connectivity index (χ3n) is 1.65. The lowest BCUT2D eigenvalue weighted by Gasteiger charge is -2.03. The first-order chi connectivity index (χ1) is 8.10. The first-order valence-corrected chi connectivity index (χ1v) is 5.18. The largest absolute Gasteiger partial charge is 0.466 e. The third-order valence-corrected chi connectivity index (χ3v) is 1.65. The van der Waals surface area contributed by atoms with E-state index in [4.69, 9.17) is 4.74 Å². The number of carbonyl (C=O) groups is 3. The van der Waals surface area contributed by atoms with Gasteiger partial charge < -0.3 is 14.2 Å². The molecule has 0 aromatic carbocycles. The minimum absolute atomic E-state index is 0.310. The van der Waals surface area contributed by atoms with E-state index in [2.05, 4.69) is 9.47 Å². The van der Waals surface area contributed by atoms with Crippen molar-refractivity contribution < 1.29 is 28.6 Å². The number of hydrogen-bond acceptors (Lipinski definition) is 6. The maximum atomic E-state index is 11.0. The molecule has 0 bridgehead atoms. The van der Waals surface area contributed by atoms with Crippen LogP contribution < -0.4 is 0 Å². The second kappa shape index (κ2) is 9.38. The summed E-state index contributed by atoms with van der Waals surface area (Å²) in [6.07, 6.45) is 3.47. The lowest BCUT2D eigenvalue weighted by atomic mass is 10.4. The Balaban J connectivity index is 3.73. The Hall–Kier alpha value is -1.85. The standard InChI is InChI=1S/C11H16O6/c1-3-4-7-16-11(14)8-17-10(13)6-5-9(12)15-2/h5-6H,3-4,7-8H2,1-2H3/b6-5-. The zero-order valence-corrected chi connectivity index (χ0v) is 9.93. The Morgan fingerprint density at radius 2 is 1.71 bits per heavy atom. The topological polar surface area (TPSA) is 78.9 Å². The minimum atomic E-state index is -0.803. The Morgan fingerprint density at radius 1 is 1.06 bits per heavy atom. The van der Waals surface area contributed by atoms with Gasteiger partial charge in [0.25, 0.3) is 0 Å². The molecule has 0 aliphatic carbocycles. The maximum absolute atomic E-state index is 11.0. The molecule has 0 atom stereocenters. The first kappa shape index (κ1) is 15.2. The molecule has 6 nitrogen and oxygen atoms in total. The number of unbranched alkanes of at least 4 members (excludes halogenated alkanes) is 1. The van der Waals surface area contributed by atoms with Crippen molar-refractivity contribution in [2.45, 2.75) is 19.8 Å². The van der Waals surface area contributed by atoms with E-state index in [1.54, 1.807) is 0 Å². The summed E-state index contributed by atoms with van der Waals surface area (Å²) in [7, 11) is 1.18. The van der Waals surface area contributed by atoms with Crippen LogP contribution in [0, 0.1) is 0 Å². The Kier molecular flexibility index (Phi) is 8.36. The molecule has 17 heavy (non-hydrogen) atoms. The highest BCUT2D eigenvalue weighted by Gasteiger charge is 2.06. The van der Waals surface area contributed by atoms with Crippen LogP contribution in [0.15, 0.2) is 12.2 Å². The number of ether oxygens (including phenoxy) is 3. The van der Waals surface area contributed by atoms with Crippen LogP contribution in [0.5, 0.6) is 0 Å². The van der Waals surface area contributed by atoms with Crippen molar-refractivity contribution in [2.75, 3.05) is 20.3 Å². The van der Waals surface area contributed by atoms with Crippen molar-refractivity contribution >= 4 is 17.9 Å². The van der Waals surface area contributed by atoms with Crippen LogP contribution in [0.2, 0.25) is 0 Å². The van der Waals surface area contributed by atoms with Gasteiger partial charge in [0.05, 0.1) is 13.7 Å². The van der Waals surface area contributed by atoms with E-state index >= 15 is 0 Å². The lowest BCUT2D eigenvalue weighted by Crippen LogP contribution is -2.16. The summed E-state index contributed by atoms with van der Waals surface area (Å²) in [5.74, 6) is -2.09. The summed E-state index contributed by atoms with van der Waals surface area (Å²) in [5.41, 5.74) is 0. The van der Waals surface area contributed by atoms with Gasteiger partial charge >= 0.3 is 17.9 Å². The molecule has 0 aromatic heterocycles. The highest BCUT2D eigenvalue weighted by atomic mass is 16.6. The van der Waals surface area contributed by atoms with Crippen LogP contribution in [-0.2, 0) is 28.6 Å². The van der Waals surface area contributed by atoms with Gasteiger partial charge in [-0.1, -0.05) is 13.3 Å². The fourth-order valence-electron chi connectivity index (χ4n) is 0.754. The van der Waals surface area contributed by atoms with Gasteiger partial charge in [0.2, 0.25) is 0 Å². The number of esters is 3. The zero-order valence-electron chi connectivity index (χ0n) is 9.93. The maximum Gasteiger partial charge on any atom is 0.344 e. The van der Waals surface area contributed by atoms with Crippen molar-refractivity contribution in [3.8, 4) is 0 Å². The van der Waals surface area contributed by atoms with Crippen LogP contribution in [0.4, 0.5) is 0 Å². The van der Waals surface area contributed by atoms with E-state index in [9.17, 15) is 14.4 Å². The second-order valence-electron chi connectivity index (χ2n) is 3.04. The van der Waals surface area contributed by atoms with Gasteiger partial charge in [0.1, 0.15) is 0 Å². The highest BCUT2D eigenvalue weighted by molar-refractivity contribution is 5.92. The first-order valence-electron chi connectivity index (χ1n) is 5.18. The second-order valence-corrected chi connectivity index (χ2v) is 3.04. The van der Waals surface area contributed by atoms with Gasteiger partial charge in [-0.15, -0.1) is 0 Å². The van der Waals surface area contributed by atoms with Crippen molar-refractivity contribution in [3.05, 3.63) is 12.2 Å². The number of carbonyl (C=O) groups excluding carboxylic acids is 3. The number of rotatable bonds is 7. The fourth-order valence-corrected chi connectivity index (χ4v) is 0.754. The molecule has 0 N–H and O–H groups in total. The van der Waals surface area contributed by atoms with Crippen LogP contribution in [0.25, 0.3) is 0 Å². The molecule has 0 amide bonds. The van der Waals surface area contributed by atoms with Gasteiger partial charge in [-0.25, -0.2) is 14.4 Å². The van der Waals surface area contributed by atoms with Crippen LogP contribution in [0.3, 0.4) is 0 Å². The Morgan fingerprint density at radius 3 is 2.29 bits per heavy atom. The molecular formula is C11H16O6. The molecule has 0 spiro atoms. The lowest BCUT2D eigenvalue weighted by molar-refractivity contribution is -0.156. The van der Waals surface area contributed by atoms with E-state index in [1.165, 1.54) is 7.11 Å². The van der Waals surface area contributed by atoms with E-state index in [0.29, 0.717) is 6.61 Å². The Labute approximate surface area is 99.5 Å². The van der Waals surface area contributed by atoms with E-state index in [0.717, 1.165) is 25.0 Å². The molecule has 0 aliphatic rings. The van der Waals surface area contributed by atoms with Gasteiger partial charge in [-0.05, 0) is 6.42 Å². The van der Waals surface area contributed by atoms with Gasteiger partial charge in [-0.2, -0.15) is 0 Å². The molecule has 0 heterocycles. The molecule has 0 radical (unpaired) electrons. The molecule has 0 unspecified atom stereocenters. The molecule has 0 saturated carbocycles. The van der Waals surface area contributed by atoms with Gasteiger partial charge in [0, 0.05) is 12.2 Å². The molecule has 96 valence electrons. The average Bonchev–Trinajstić information content (AvgIpc) is 2.33. The number of methoxy groups -OCH3 is 1. The zero-order chi connectivity index (χ0) is 13.1. The van der Waals surface area contributed by atoms with Crippen molar-refractivity contribution in [1.82, 2.24) is 0 Å². The molecule has 6 heteroatoms. The summed E-state index contributed by atoms with van der Waals surface area (Å²) in [6.45, 7) is 1.81. The summed E-state index contributed by atoms with van der Waals surface area (Å²) in [6, 6.07) is 0. The SMILES string of the molecule is CCCCOC(=O)COC(=O)/C=C\C(=O)OC. The summed E-state index contributed by atoms with van der Waals surface area (Å²) >= 11 is 0. The summed E-state index contributed by atoms with van der Waals surface area (Å²) in [4.78, 5) is 32.6. The van der Waals surface area contributed by atoms with Crippen LogP contribution in [-0.4, -0.2) is 38.2 Å². The predicted octanol–water partition coefficient (Wildman–Crippen LogP) is 0.602. The molecule has 0 aromatic rings. The third kappa shape index (κ3) is 9.10. The van der Waals surface area contributed by atoms with Crippen LogP contribution >= 0.6 is 0 Å². The minimum Gasteiger partial charge on any atom is -0.466 e. The summed E-state index contributed by atoms with van der Waals surface area (Å²) < 4.78 is 13.5. The molecule has 0 fully saturated rings. The Bertz CT molecular complexity index is 294. The average molecular weight is 244 g/mol. The molecule has 0 saturated heterocycles. The van der Waals surface area contributed by atoms with E-state index < -0.39 is 24.5 Å².